The van der Waals surface area contributed by atoms with E-state index in [0.29, 0.717) is 38.9 Å². The van der Waals surface area contributed by atoms with Crippen LogP contribution >= 0.6 is 0 Å². The van der Waals surface area contributed by atoms with E-state index in [-0.39, 0.29) is 28.5 Å². The standard InChI is InChI=1S/C26H15N3O4/c30-25-16-8-4-5-9-17(16)26(31)24-22(25)21(23(28-24)14-6-2-1-3-7-14)19-13-27-20-11-10-15(29(32)33)12-18(19)20/h1-13,27-28H. The number of nitro groups is 1. The fraction of sp³-hybridized carbons (Fsp3) is 0. The smallest absolute Gasteiger partial charge is 0.270 e. The van der Waals surface area contributed by atoms with Crippen molar-refractivity contribution in [2.45, 2.75) is 0 Å². The second-order valence-electron chi connectivity index (χ2n) is 7.88. The molecule has 0 unspecified atom stereocenters. The van der Waals surface area contributed by atoms with E-state index in [1.807, 2.05) is 30.3 Å². The number of carbonyl (C=O) groups excluding carboxylic acids is 2. The van der Waals surface area contributed by atoms with Gasteiger partial charge in [0.25, 0.3) is 5.69 Å². The van der Waals surface area contributed by atoms with Crippen molar-refractivity contribution in [2.24, 2.45) is 0 Å². The summed E-state index contributed by atoms with van der Waals surface area (Å²) in [5.74, 6) is -0.511. The number of hydrogen-bond donors (Lipinski definition) is 2. The number of benzene rings is 3. The molecule has 0 fully saturated rings. The van der Waals surface area contributed by atoms with E-state index in [4.69, 9.17) is 0 Å². The van der Waals surface area contributed by atoms with Crippen molar-refractivity contribution in [3.8, 4) is 22.4 Å². The molecule has 0 aliphatic heterocycles. The number of nitrogens with one attached hydrogen (secondary N) is 2. The van der Waals surface area contributed by atoms with Crippen LogP contribution in [0.2, 0.25) is 0 Å². The van der Waals surface area contributed by atoms with Crippen LogP contribution in [0.15, 0.2) is 79.0 Å². The van der Waals surface area contributed by atoms with Gasteiger partial charge in [-0.15, -0.1) is 0 Å². The monoisotopic (exact) mass is 433 g/mol. The molecule has 1 aliphatic carbocycles. The van der Waals surface area contributed by atoms with Crippen LogP contribution in [0.1, 0.15) is 32.0 Å². The van der Waals surface area contributed by atoms with Gasteiger partial charge in [0.2, 0.25) is 5.78 Å². The molecule has 0 amide bonds. The zero-order valence-corrected chi connectivity index (χ0v) is 17.1. The van der Waals surface area contributed by atoms with Crippen LogP contribution in [-0.4, -0.2) is 26.5 Å². The first-order chi connectivity index (χ1) is 16.0. The van der Waals surface area contributed by atoms with E-state index < -0.39 is 4.92 Å². The number of nitrogens with zero attached hydrogens (tertiary/aromatic N) is 1. The molecule has 5 aromatic rings. The topological polar surface area (TPSA) is 109 Å². The van der Waals surface area contributed by atoms with Crippen molar-refractivity contribution in [1.29, 1.82) is 0 Å². The van der Waals surface area contributed by atoms with Gasteiger partial charge in [-0.2, -0.15) is 0 Å². The highest BCUT2D eigenvalue weighted by Gasteiger charge is 2.36. The van der Waals surface area contributed by atoms with E-state index >= 15 is 0 Å². The Labute approximate surface area is 186 Å². The molecule has 7 heteroatoms. The summed E-state index contributed by atoms with van der Waals surface area (Å²) in [4.78, 5) is 44.3. The molecule has 0 atom stereocenters. The van der Waals surface area contributed by atoms with Crippen molar-refractivity contribution in [2.75, 3.05) is 0 Å². The largest absolute Gasteiger partial charge is 0.361 e. The third-order valence-corrected chi connectivity index (χ3v) is 6.08. The number of ketones is 2. The second kappa shape index (κ2) is 6.86. The Kier molecular flexibility index (Phi) is 3.94. The molecule has 3 aromatic carbocycles. The summed E-state index contributed by atoms with van der Waals surface area (Å²) in [5, 5.41) is 12.0. The molecule has 158 valence electrons. The number of aromatic amines is 2. The Hall–Kier alpha value is -4.78. The predicted octanol–water partition coefficient (Wildman–Crippen LogP) is 5.51. The first-order valence-corrected chi connectivity index (χ1v) is 10.3. The maximum absolute atomic E-state index is 13.6. The minimum atomic E-state index is -0.453. The molecular formula is C26H15N3O4. The number of nitro benzene ring substituents is 1. The van der Waals surface area contributed by atoms with E-state index in [1.165, 1.54) is 12.1 Å². The van der Waals surface area contributed by atoms with Crippen LogP contribution in [0, 0.1) is 10.1 Å². The van der Waals surface area contributed by atoms with E-state index in [2.05, 4.69) is 9.97 Å². The van der Waals surface area contributed by atoms with Gasteiger partial charge in [-0.1, -0.05) is 54.6 Å². The minimum Gasteiger partial charge on any atom is -0.361 e. The molecule has 1 aliphatic rings. The highest BCUT2D eigenvalue weighted by molar-refractivity contribution is 6.31. The summed E-state index contributed by atoms with van der Waals surface area (Å²) in [6, 6.07) is 20.7. The number of H-pyrrole nitrogens is 2. The fourth-order valence-electron chi connectivity index (χ4n) is 4.57. The zero-order chi connectivity index (χ0) is 22.7. The molecule has 7 nitrogen and oxygen atoms in total. The Morgan fingerprint density at radius 1 is 0.727 bits per heavy atom. The average molecular weight is 433 g/mol. The summed E-state index contributed by atoms with van der Waals surface area (Å²) in [7, 11) is 0. The Bertz CT molecular complexity index is 1630. The van der Waals surface area contributed by atoms with Crippen molar-refractivity contribution in [3.63, 3.8) is 0 Å². The van der Waals surface area contributed by atoms with Gasteiger partial charge < -0.3 is 9.97 Å². The van der Waals surface area contributed by atoms with E-state index in [9.17, 15) is 19.7 Å². The lowest BCUT2D eigenvalue weighted by Crippen LogP contribution is -2.20. The summed E-state index contributed by atoms with van der Waals surface area (Å²) in [5.41, 5.74) is 4.44. The number of aromatic nitrogens is 2. The molecule has 0 saturated heterocycles. The maximum Gasteiger partial charge on any atom is 0.270 e. The molecular weight excluding hydrogens is 418 g/mol. The van der Waals surface area contributed by atoms with Gasteiger partial charge in [0.05, 0.1) is 21.9 Å². The highest BCUT2D eigenvalue weighted by atomic mass is 16.6. The fourth-order valence-corrected chi connectivity index (χ4v) is 4.57. The molecule has 0 spiro atoms. The van der Waals surface area contributed by atoms with E-state index in [0.717, 1.165) is 5.56 Å². The molecule has 0 bridgehead atoms. The van der Waals surface area contributed by atoms with Gasteiger partial charge in [-0.3, -0.25) is 19.7 Å². The van der Waals surface area contributed by atoms with Gasteiger partial charge in [0.1, 0.15) is 0 Å². The Balaban J connectivity index is 1.71. The summed E-state index contributed by atoms with van der Waals surface area (Å²) in [6.45, 7) is 0. The third-order valence-electron chi connectivity index (χ3n) is 6.08. The number of carbonyl (C=O) groups is 2. The number of non-ortho nitro benzene ring substituents is 1. The number of fused-ring (bicyclic) bond motifs is 3. The molecule has 6 rings (SSSR count). The molecule has 33 heavy (non-hydrogen) atoms. The van der Waals surface area contributed by atoms with Gasteiger partial charge in [0.15, 0.2) is 5.78 Å². The lowest BCUT2D eigenvalue weighted by atomic mass is 9.84. The van der Waals surface area contributed by atoms with Crippen LogP contribution < -0.4 is 0 Å². The highest BCUT2D eigenvalue weighted by Crippen LogP contribution is 2.44. The number of rotatable bonds is 3. The summed E-state index contributed by atoms with van der Waals surface area (Å²) < 4.78 is 0. The zero-order valence-electron chi connectivity index (χ0n) is 17.1. The number of hydrogen-bond acceptors (Lipinski definition) is 4. The van der Waals surface area contributed by atoms with Crippen molar-refractivity contribution in [1.82, 2.24) is 9.97 Å². The lowest BCUT2D eigenvalue weighted by molar-refractivity contribution is -0.384. The van der Waals surface area contributed by atoms with Crippen LogP contribution in [-0.2, 0) is 0 Å². The molecule has 2 heterocycles. The first-order valence-electron chi connectivity index (χ1n) is 10.3. The normalized spacial score (nSPS) is 12.6. The van der Waals surface area contributed by atoms with Crippen LogP contribution in [0.5, 0.6) is 0 Å². The first kappa shape index (κ1) is 18.9. The summed E-state index contributed by atoms with van der Waals surface area (Å²) >= 11 is 0. The average Bonchev–Trinajstić information content (AvgIpc) is 3.44. The Morgan fingerprint density at radius 3 is 2.15 bits per heavy atom. The summed E-state index contributed by atoms with van der Waals surface area (Å²) in [6.07, 6.45) is 1.72. The van der Waals surface area contributed by atoms with Crippen molar-refractivity contribution >= 4 is 28.2 Å². The van der Waals surface area contributed by atoms with Gasteiger partial charge in [-0.05, 0) is 11.6 Å². The lowest BCUT2D eigenvalue weighted by Gasteiger charge is -2.15. The maximum atomic E-state index is 13.6. The van der Waals surface area contributed by atoms with Crippen LogP contribution in [0.3, 0.4) is 0 Å². The molecule has 0 saturated carbocycles. The molecule has 2 N–H and O–H groups in total. The quantitative estimate of drug-likeness (QED) is 0.283. The predicted molar refractivity (Wildman–Crippen MR) is 123 cm³/mol. The Morgan fingerprint density at radius 2 is 1.42 bits per heavy atom. The van der Waals surface area contributed by atoms with Crippen LogP contribution in [0.4, 0.5) is 5.69 Å². The SMILES string of the molecule is O=C1c2ccccc2C(=O)c2c1[nH]c(-c1ccccc1)c2-c1c[nH]c2ccc([N+](=O)[O-])cc12. The second-order valence-corrected chi connectivity index (χ2v) is 7.88. The molecule has 0 radical (unpaired) electrons. The van der Waals surface area contributed by atoms with Gasteiger partial charge >= 0.3 is 0 Å². The van der Waals surface area contributed by atoms with Crippen molar-refractivity contribution in [3.05, 3.63) is 111 Å². The van der Waals surface area contributed by atoms with Crippen LogP contribution in [0.25, 0.3) is 33.3 Å². The van der Waals surface area contributed by atoms with Gasteiger partial charge in [-0.25, -0.2) is 0 Å². The van der Waals surface area contributed by atoms with E-state index in [1.54, 1.807) is 36.5 Å². The molecule has 2 aromatic heterocycles. The minimum absolute atomic E-state index is 0.0539. The third kappa shape index (κ3) is 2.69. The van der Waals surface area contributed by atoms with Gasteiger partial charge in [0, 0.05) is 51.5 Å². The van der Waals surface area contributed by atoms with Crippen molar-refractivity contribution < 1.29 is 14.5 Å².